The van der Waals surface area contributed by atoms with Crippen molar-refractivity contribution in [1.29, 1.82) is 0 Å². The molecule has 1 saturated carbocycles. The molecule has 1 aliphatic heterocycles. The molecule has 2 rings (SSSR count). The molecule has 2 aliphatic rings. The number of ether oxygens (including phenoxy) is 2. The molecule has 2 fully saturated rings. The van der Waals surface area contributed by atoms with Gasteiger partial charge in [-0.05, 0) is 12.8 Å². The van der Waals surface area contributed by atoms with Crippen molar-refractivity contribution < 1.29 is 14.3 Å². The van der Waals surface area contributed by atoms with E-state index in [1.807, 2.05) is 6.92 Å². The van der Waals surface area contributed by atoms with Crippen molar-refractivity contribution in [3.05, 3.63) is 0 Å². The first-order valence-corrected chi connectivity index (χ1v) is 5.78. The zero-order valence-electron chi connectivity index (χ0n) is 9.15. The van der Waals surface area contributed by atoms with Gasteiger partial charge in [0.15, 0.2) is 0 Å². The SMILES string of the molecule is CC1CC(OC2CCCCC2N)OC1=O. The molecular formula is C11H19NO3. The van der Waals surface area contributed by atoms with Crippen molar-refractivity contribution in [3.63, 3.8) is 0 Å². The monoisotopic (exact) mass is 213 g/mol. The molecule has 4 unspecified atom stereocenters. The molecule has 1 saturated heterocycles. The van der Waals surface area contributed by atoms with E-state index in [2.05, 4.69) is 0 Å². The summed E-state index contributed by atoms with van der Waals surface area (Å²) >= 11 is 0. The van der Waals surface area contributed by atoms with Crippen LogP contribution in [0.25, 0.3) is 0 Å². The Morgan fingerprint density at radius 1 is 1.40 bits per heavy atom. The first-order chi connectivity index (χ1) is 7.16. The smallest absolute Gasteiger partial charge is 0.311 e. The summed E-state index contributed by atoms with van der Waals surface area (Å²) in [5, 5.41) is 0. The van der Waals surface area contributed by atoms with Crippen molar-refractivity contribution >= 4 is 5.97 Å². The highest BCUT2D eigenvalue weighted by molar-refractivity contribution is 5.73. The number of carbonyl (C=O) groups is 1. The molecule has 1 heterocycles. The van der Waals surface area contributed by atoms with Crippen LogP contribution in [0.3, 0.4) is 0 Å². The number of hydrogen-bond acceptors (Lipinski definition) is 4. The summed E-state index contributed by atoms with van der Waals surface area (Å²) in [5.74, 6) is -0.181. The van der Waals surface area contributed by atoms with Crippen molar-refractivity contribution in [3.8, 4) is 0 Å². The number of rotatable bonds is 2. The van der Waals surface area contributed by atoms with Gasteiger partial charge in [0.1, 0.15) is 0 Å². The number of nitrogens with two attached hydrogens (primary N) is 1. The fourth-order valence-electron chi connectivity index (χ4n) is 2.25. The van der Waals surface area contributed by atoms with Gasteiger partial charge in [0.05, 0.1) is 12.0 Å². The third-order valence-corrected chi connectivity index (χ3v) is 3.28. The van der Waals surface area contributed by atoms with Gasteiger partial charge in [-0.1, -0.05) is 19.8 Å². The molecule has 0 aromatic rings. The summed E-state index contributed by atoms with van der Waals surface area (Å²) < 4.78 is 10.8. The Hall–Kier alpha value is -0.610. The maximum absolute atomic E-state index is 11.2. The molecule has 2 N–H and O–H groups in total. The Bertz CT molecular complexity index is 244. The fourth-order valence-corrected chi connectivity index (χ4v) is 2.25. The van der Waals surface area contributed by atoms with Crippen LogP contribution in [-0.2, 0) is 14.3 Å². The van der Waals surface area contributed by atoms with E-state index in [0.29, 0.717) is 6.42 Å². The highest BCUT2D eigenvalue weighted by atomic mass is 16.7. The number of cyclic esters (lactones) is 1. The quantitative estimate of drug-likeness (QED) is 0.700. The average Bonchev–Trinajstić information content (AvgIpc) is 2.50. The minimum absolute atomic E-state index is 0.0326. The van der Waals surface area contributed by atoms with Gasteiger partial charge in [0.2, 0.25) is 6.29 Å². The summed E-state index contributed by atoms with van der Waals surface area (Å²) in [6, 6.07) is 0.105. The van der Waals surface area contributed by atoms with Gasteiger partial charge >= 0.3 is 5.97 Å². The maximum atomic E-state index is 11.2. The molecule has 0 spiro atoms. The lowest BCUT2D eigenvalue weighted by atomic mass is 9.93. The summed E-state index contributed by atoms with van der Waals surface area (Å²) in [6.45, 7) is 1.87. The van der Waals surface area contributed by atoms with Crippen LogP contribution in [0.5, 0.6) is 0 Å². The molecular weight excluding hydrogens is 194 g/mol. The first-order valence-electron chi connectivity index (χ1n) is 5.78. The van der Waals surface area contributed by atoms with Crippen LogP contribution >= 0.6 is 0 Å². The molecule has 86 valence electrons. The van der Waals surface area contributed by atoms with Gasteiger partial charge in [-0.15, -0.1) is 0 Å². The normalized spacial score (nSPS) is 41.6. The van der Waals surface area contributed by atoms with E-state index < -0.39 is 0 Å². The Balaban J connectivity index is 1.83. The summed E-state index contributed by atoms with van der Waals surface area (Å²) in [6.07, 6.45) is 4.73. The van der Waals surface area contributed by atoms with Crippen molar-refractivity contribution in [2.75, 3.05) is 0 Å². The zero-order valence-corrected chi connectivity index (χ0v) is 9.15. The Kier molecular flexibility index (Phi) is 3.26. The highest BCUT2D eigenvalue weighted by Gasteiger charge is 2.35. The van der Waals surface area contributed by atoms with Crippen LogP contribution in [0.2, 0.25) is 0 Å². The van der Waals surface area contributed by atoms with E-state index in [-0.39, 0.29) is 30.3 Å². The van der Waals surface area contributed by atoms with Crippen LogP contribution < -0.4 is 5.73 Å². The summed E-state index contributed by atoms with van der Waals surface area (Å²) in [7, 11) is 0. The Morgan fingerprint density at radius 2 is 2.13 bits per heavy atom. The number of esters is 1. The van der Waals surface area contributed by atoms with Crippen molar-refractivity contribution in [2.45, 2.75) is 57.5 Å². The van der Waals surface area contributed by atoms with E-state index in [1.54, 1.807) is 0 Å². The third-order valence-electron chi connectivity index (χ3n) is 3.28. The first kappa shape index (κ1) is 10.9. The predicted octanol–water partition coefficient (Wildman–Crippen LogP) is 1.18. The van der Waals surface area contributed by atoms with Gasteiger partial charge < -0.3 is 15.2 Å². The van der Waals surface area contributed by atoms with Gasteiger partial charge in [-0.2, -0.15) is 0 Å². The molecule has 1 aliphatic carbocycles. The minimum Gasteiger partial charge on any atom is -0.436 e. The zero-order chi connectivity index (χ0) is 10.8. The van der Waals surface area contributed by atoms with E-state index in [1.165, 1.54) is 6.42 Å². The van der Waals surface area contributed by atoms with Crippen LogP contribution in [-0.4, -0.2) is 24.4 Å². The maximum Gasteiger partial charge on any atom is 0.311 e. The highest BCUT2D eigenvalue weighted by Crippen LogP contribution is 2.27. The molecule has 0 aromatic heterocycles. The van der Waals surface area contributed by atoms with Gasteiger partial charge in [0, 0.05) is 12.5 Å². The van der Waals surface area contributed by atoms with Crippen LogP contribution in [0, 0.1) is 5.92 Å². The second kappa shape index (κ2) is 4.49. The largest absolute Gasteiger partial charge is 0.436 e. The van der Waals surface area contributed by atoms with Crippen LogP contribution in [0.1, 0.15) is 39.0 Å². The summed E-state index contributed by atoms with van der Waals surface area (Å²) in [5.41, 5.74) is 5.96. The lowest BCUT2D eigenvalue weighted by molar-refractivity contribution is -0.177. The van der Waals surface area contributed by atoms with Crippen molar-refractivity contribution in [1.82, 2.24) is 0 Å². The lowest BCUT2D eigenvalue weighted by Crippen LogP contribution is -2.41. The van der Waals surface area contributed by atoms with Gasteiger partial charge in [0.25, 0.3) is 0 Å². The third kappa shape index (κ3) is 2.49. The second-order valence-corrected chi connectivity index (χ2v) is 4.63. The molecule has 0 amide bonds. The molecule has 15 heavy (non-hydrogen) atoms. The number of carbonyl (C=O) groups excluding carboxylic acids is 1. The fraction of sp³-hybridized carbons (Fsp3) is 0.909. The van der Waals surface area contributed by atoms with E-state index in [9.17, 15) is 4.79 Å². The molecule has 0 radical (unpaired) electrons. The standard InChI is InChI=1S/C11H19NO3/c1-7-6-10(15-11(7)13)14-9-5-3-2-4-8(9)12/h7-10H,2-6,12H2,1H3. The minimum atomic E-state index is -0.360. The molecule has 0 aromatic carbocycles. The van der Waals surface area contributed by atoms with Crippen molar-refractivity contribution in [2.24, 2.45) is 11.7 Å². The van der Waals surface area contributed by atoms with E-state index in [0.717, 1.165) is 19.3 Å². The number of hydrogen-bond donors (Lipinski definition) is 1. The predicted molar refractivity (Wildman–Crippen MR) is 55.0 cm³/mol. The summed E-state index contributed by atoms with van der Waals surface area (Å²) in [4.78, 5) is 11.2. The lowest BCUT2D eigenvalue weighted by Gasteiger charge is -2.30. The van der Waals surface area contributed by atoms with E-state index in [4.69, 9.17) is 15.2 Å². The Labute approximate surface area is 90.1 Å². The molecule has 4 nitrogen and oxygen atoms in total. The van der Waals surface area contributed by atoms with E-state index >= 15 is 0 Å². The second-order valence-electron chi connectivity index (χ2n) is 4.63. The Morgan fingerprint density at radius 3 is 2.73 bits per heavy atom. The average molecular weight is 213 g/mol. The molecule has 4 heteroatoms. The van der Waals surface area contributed by atoms with Gasteiger partial charge in [-0.3, -0.25) is 4.79 Å². The van der Waals surface area contributed by atoms with Crippen LogP contribution in [0.4, 0.5) is 0 Å². The molecule has 0 bridgehead atoms. The van der Waals surface area contributed by atoms with Gasteiger partial charge in [-0.25, -0.2) is 0 Å². The van der Waals surface area contributed by atoms with Crippen LogP contribution in [0.15, 0.2) is 0 Å². The topological polar surface area (TPSA) is 61.6 Å². The molecule has 4 atom stereocenters.